The molecule has 1 aliphatic carbocycles. The van der Waals surface area contributed by atoms with Gasteiger partial charge in [-0.3, -0.25) is 14.6 Å². The lowest BCUT2D eigenvalue weighted by atomic mass is 9.86. The zero-order chi connectivity index (χ0) is 22.6. The molecule has 1 saturated heterocycles. The Labute approximate surface area is 190 Å². The van der Waals surface area contributed by atoms with Crippen molar-refractivity contribution < 1.29 is 14.3 Å². The number of hydrogen-bond acceptors (Lipinski definition) is 4. The van der Waals surface area contributed by atoms with Crippen molar-refractivity contribution in [3.8, 4) is 11.1 Å². The molecule has 0 radical (unpaired) electrons. The Morgan fingerprint density at radius 2 is 1.69 bits per heavy atom. The number of hydrogen-bond donors (Lipinski definition) is 0. The van der Waals surface area contributed by atoms with E-state index in [0.29, 0.717) is 26.1 Å². The minimum absolute atomic E-state index is 0.0862. The highest BCUT2D eigenvalue weighted by Gasteiger charge is 2.46. The fraction of sp³-hybridized carbons (Fsp3) is 0.500. The second kappa shape index (κ2) is 9.82. The first-order valence-corrected chi connectivity index (χ1v) is 11.6. The average Bonchev–Trinajstić information content (AvgIpc) is 2.84. The zero-order valence-corrected chi connectivity index (χ0v) is 19.1. The van der Waals surface area contributed by atoms with Crippen LogP contribution in [0.1, 0.15) is 37.7 Å². The van der Waals surface area contributed by atoms with Crippen LogP contribution in [0.2, 0.25) is 0 Å². The van der Waals surface area contributed by atoms with Crippen LogP contribution >= 0.6 is 0 Å². The van der Waals surface area contributed by atoms with Gasteiger partial charge in [0.05, 0.1) is 13.2 Å². The normalized spacial score (nSPS) is 21.9. The summed E-state index contributed by atoms with van der Waals surface area (Å²) in [5, 5.41) is 0. The number of morpholine rings is 1. The number of carbonyl (C=O) groups excluding carboxylic acids is 2. The number of pyridine rings is 1. The summed E-state index contributed by atoms with van der Waals surface area (Å²) in [6.45, 7) is 1.25. The van der Waals surface area contributed by atoms with Gasteiger partial charge in [-0.05, 0) is 41.7 Å². The molecule has 1 aromatic heterocycles. The van der Waals surface area contributed by atoms with Gasteiger partial charge in [-0.15, -0.1) is 0 Å². The lowest BCUT2D eigenvalue weighted by Gasteiger charge is -2.44. The topological polar surface area (TPSA) is 62.7 Å². The van der Waals surface area contributed by atoms with Gasteiger partial charge in [0.1, 0.15) is 0 Å². The Hall–Kier alpha value is -2.73. The molecule has 0 bridgehead atoms. The molecule has 0 unspecified atom stereocenters. The summed E-state index contributed by atoms with van der Waals surface area (Å²) in [7, 11) is 3.50. The van der Waals surface area contributed by atoms with Crippen LogP contribution in [-0.2, 0) is 20.7 Å². The molecular weight excluding hydrogens is 402 g/mol. The third-order valence-electron chi connectivity index (χ3n) is 6.71. The minimum atomic E-state index is -1.05. The molecule has 32 heavy (non-hydrogen) atoms. The second-order valence-corrected chi connectivity index (χ2v) is 9.25. The number of rotatable bonds is 5. The SMILES string of the molecule is CN(C)C(=O)[C@@]1(Cc2ccc(-c3ccncc3)cc2)CN(C(=O)C2CCCCC2)CCO1. The molecule has 2 amide bonds. The maximum Gasteiger partial charge on any atom is 0.256 e. The van der Waals surface area contributed by atoms with Crippen molar-refractivity contribution in [2.24, 2.45) is 5.92 Å². The van der Waals surface area contributed by atoms with E-state index in [2.05, 4.69) is 17.1 Å². The Morgan fingerprint density at radius 1 is 1.03 bits per heavy atom. The number of aromatic nitrogens is 1. The molecule has 1 aromatic carbocycles. The Kier molecular flexibility index (Phi) is 6.89. The smallest absolute Gasteiger partial charge is 0.256 e. The van der Waals surface area contributed by atoms with Gasteiger partial charge in [-0.25, -0.2) is 0 Å². The highest BCUT2D eigenvalue weighted by molar-refractivity contribution is 5.87. The summed E-state index contributed by atoms with van der Waals surface area (Å²) >= 11 is 0. The van der Waals surface area contributed by atoms with Gasteiger partial charge in [0.15, 0.2) is 5.60 Å². The van der Waals surface area contributed by atoms with E-state index in [-0.39, 0.29) is 17.7 Å². The molecule has 1 atom stereocenters. The van der Waals surface area contributed by atoms with Crippen LogP contribution < -0.4 is 0 Å². The van der Waals surface area contributed by atoms with Gasteiger partial charge in [0, 0.05) is 45.4 Å². The van der Waals surface area contributed by atoms with Gasteiger partial charge in [-0.2, -0.15) is 0 Å². The molecule has 2 heterocycles. The maximum atomic E-state index is 13.3. The van der Waals surface area contributed by atoms with E-state index in [1.54, 1.807) is 31.4 Å². The van der Waals surface area contributed by atoms with Crippen molar-refractivity contribution in [1.82, 2.24) is 14.8 Å². The Balaban J connectivity index is 1.55. The largest absolute Gasteiger partial charge is 0.361 e. The van der Waals surface area contributed by atoms with Gasteiger partial charge in [0.25, 0.3) is 5.91 Å². The van der Waals surface area contributed by atoms with Crippen LogP contribution in [0, 0.1) is 5.92 Å². The van der Waals surface area contributed by atoms with Gasteiger partial charge in [0.2, 0.25) is 5.91 Å². The molecule has 2 aromatic rings. The summed E-state index contributed by atoms with van der Waals surface area (Å²) in [5.74, 6) is 0.197. The molecule has 1 aliphatic heterocycles. The first-order chi connectivity index (χ1) is 15.5. The van der Waals surface area contributed by atoms with Crippen molar-refractivity contribution in [3.63, 3.8) is 0 Å². The second-order valence-electron chi connectivity index (χ2n) is 9.25. The number of benzene rings is 1. The molecular formula is C26H33N3O3. The first-order valence-electron chi connectivity index (χ1n) is 11.6. The molecule has 2 fully saturated rings. The average molecular weight is 436 g/mol. The van der Waals surface area contributed by atoms with E-state index in [4.69, 9.17) is 4.74 Å². The fourth-order valence-electron chi connectivity index (χ4n) is 4.99. The monoisotopic (exact) mass is 435 g/mol. The van der Waals surface area contributed by atoms with Gasteiger partial charge in [-0.1, -0.05) is 43.5 Å². The van der Waals surface area contributed by atoms with E-state index < -0.39 is 5.60 Å². The molecule has 0 N–H and O–H groups in total. The predicted molar refractivity (Wildman–Crippen MR) is 124 cm³/mol. The summed E-state index contributed by atoms with van der Waals surface area (Å²) in [4.78, 5) is 34.1. The van der Waals surface area contributed by atoms with Crippen LogP contribution in [0.25, 0.3) is 11.1 Å². The highest BCUT2D eigenvalue weighted by Crippen LogP contribution is 2.30. The van der Waals surface area contributed by atoms with E-state index in [1.165, 1.54) is 6.42 Å². The van der Waals surface area contributed by atoms with Crippen LogP contribution in [0.4, 0.5) is 0 Å². The highest BCUT2D eigenvalue weighted by atomic mass is 16.5. The van der Waals surface area contributed by atoms with Crippen LogP contribution in [0.3, 0.4) is 0 Å². The van der Waals surface area contributed by atoms with Crippen molar-refractivity contribution in [2.45, 2.75) is 44.1 Å². The fourth-order valence-corrected chi connectivity index (χ4v) is 4.99. The standard InChI is InChI=1S/C26H33N3O3/c1-28(2)25(31)26(18-20-8-10-21(11-9-20)22-12-14-27-15-13-22)19-29(16-17-32-26)24(30)23-6-4-3-5-7-23/h8-15,23H,3-7,16-19H2,1-2H3/t26-/m1/s1. The number of likely N-dealkylation sites (N-methyl/N-ethyl adjacent to an activating group) is 1. The van der Waals surface area contributed by atoms with E-state index in [9.17, 15) is 9.59 Å². The molecule has 6 heteroatoms. The van der Waals surface area contributed by atoms with Crippen molar-refractivity contribution in [3.05, 3.63) is 54.4 Å². The number of carbonyl (C=O) groups is 2. The van der Waals surface area contributed by atoms with E-state index in [1.807, 2.05) is 29.2 Å². The van der Waals surface area contributed by atoms with Crippen molar-refractivity contribution in [1.29, 1.82) is 0 Å². The summed E-state index contributed by atoms with van der Waals surface area (Å²) in [6, 6.07) is 12.2. The predicted octanol–water partition coefficient (Wildman–Crippen LogP) is 3.56. The molecule has 4 rings (SSSR count). The zero-order valence-electron chi connectivity index (χ0n) is 19.1. The number of ether oxygens (including phenoxy) is 1. The van der Waals surface area contributed by atoms with Crippen molar-refractivity contribution in [2.75, 3.05) is 33.8 Å². The summed E-state index contributed by atoms with van der Waals surface area (Å²) < 4.78 is 6.18. The number of amides is 2. The maximum absolute atomic E-state index is 13.3. The Bertz CT molecular complexity index is 923. The number of nitrogens with zero attached hydrogens (tertiary/aromatic N) is 3. The lowest BCUT2D eigenvalue weighted by Crippen LogP contribution is -2.62. The first kappa shape index (κ1) is 22.5. The van der Waals surface area contributed by atoms with Crippen LogP contribution in [0.15, 0.2) is 48.8 Å². The molecule has 1 saturated carbocycles. The van der Waals surface area contributed by atoms with Gasteiger partial charge < -0.3 is 14.5 Å². The van der Waals surface area contributed by atoms with Crippen LogP contribution in [0.5, 0.6) is 0 Å². The Morgan fingerprint density at radius 3 is 2.34 bits per heavy atom. The molecule has 2 aliphatic rings. The summed E-state index contributed by atoms with van der Waals surface area (Å²) in [5.41, 5.74) is 2.17. The van der Waals surface area contributed by atoms with Gasteiger partial charge >= 0.3 is 0 Å². The quantitative estimate of drug-likeness (QED) is 0.721. The van der Waals surface area contributed by atoms with E-state index in [0.717, 1.165) is 42.4 Å². The third-order valence-corrected chi connectivity index (χ3v) is 6.71. The molecule has 0 spiro atoms. The third kappa shape index (κ3) is 4.85. The lowest BCUT2D eigenvalue weighted by molar-refractivity contribution is -0.174. The summed E-state index contributed by atoms with van der Waals surface area (Å²) in [6.07, 6.45) is 9.37. The van der Waals surface area contributed by atoms with Crippen LogP contribution in [-0.4, -0.2) is 66.0 Å². The van der Waals surface area contributed by atoms with E-state index >= 15 is 0 Å². The van der Waals surface area contributed by atoms with Crippen molar-refractivity contribution >= 4 is 11.8 Å². The molecule has 6 nitrogen and oxygen atoms in total. The minimum Gasteiger partial charge on any atom is -0.361 e. The molecule has 170 valence electrons.